The van der Waals surface area contributed by atoms with Crippen molar-refractivity contribution in [3.63, 3.8) is 0 Å². The number of aliphatic imine (C=N–C) groups is 1. The van der Waals surface area contributed by atoms with E-state index in [-0.39, 0.29) is 18.8 Å². The second kappa shape index (κ2) is 8.94. The van der Waals surface area contributed by atoms with Gasteiger partial charge in [0.2, 0.25) is 0 Å². The van der Waals surface area contributed by atoms with E-state index in [0.29, 0.717) is 17.1 Å². The van der Waals surface area contributed by atoms with Gasteiger partial charge in [-0.3, -0.25) is 15.0 Å². The Balaban J connectivity index is 1.93. The molecule has 0 atom stereocenters. The number of rotatable bonds is 6. The number of ether oxygens (including phenoxy) is 1. The number of hydrogen-bond acceptors (Lipinski definition) is 6. The lowest BCUT2D eigenvalue weighted by Gasteiger charge is -2.15. The van der Waals surface area contributed by atoms with Crippen LogP contribution in [0.5, 0.6) is 0 Å². The fourth-order valence-corrected chi connectivity index (χ4v) is 2.07. The third-order valence-electron chi connectivity index (χ3n) is 3.42. The number of carbonyl (C=O) groups is 1. The molecule has 0 aromatic heterocycles. The molecule has 0 saturated carbocycles. The molecule has 0 saturated heterocycles. The van der Waals surface area contributed by atoms with Gasteiger partial charge >= 0.3 is 5.97 Å². The second-order valence-electron chi connectivity index (χ2n) is 5.19. The van der Waals surface area contributed by atoms with Gasteiger partial charge in [0.25, 0.3) is 5.69 Å². The first kappa shape index (κ1) is 18.6. The minimum atomic E-state index is -0.497. The smallest absolute Gasteiger partial charge is 0.338 e. The summed E-state index contributed by atoms with van der Waals surface area (Å²) in [6, 6.07) is 14.2. The van der Waals surface area contributed by atoms with E-state index >= 15 is 0 Å². The highest BCUT2D eigenvalue weighted by Crippen LogP contribution is 2.18. The number of benzene rings is 2. The molecule has 0 radical (unpaired) electrons. The Labute approximate surface area is 150 Å². The first-order chi connectivity index (χ1) is 12.5. The lowest BCUT2D eigenvalue weighted by atomic mass is 10.2. The zero-order valence-corrected chi connectivity index (χ0v) is 14.0. The number of hydrogen-bond donors (Lipinski definition) is 0. The third kappa shape index (κ3) is 5.14. The number of nitro benzene ring substituents is 1. The maximum atomic E-state index is 11.9. The van der Waals surface area contributed by atoms with Gasteiger partial charge in [-0.15, -0.1) is 0 Å². The number of amidine groups is 1. The van der Waals surface area contributed by atoms with Crippen LogP contribution in [0.15, 0.2) is 59.6 Å². The molecule has 0 heterocycles. The monoisotopic (exact) mass is 352 g/mol. The van der Waals surface area contributed by atoms with Crippen molar-refractivity contribution in [2.75, 3.05) is 13.2 Å². The van der Waals surface area contributed by atoms with Crippen molar-refractivity contribution in [2.45, 2.75) is 6.92 Å². The molecular formula is C18H16N4O4. The van der Waals surface area contributed by atoms with Crippen molar-refractivity contribution < 1.29 is 14.5 Å². The number of carbonyl (C=O) groups excluding carboxylic acids is 1. The molecule has 0 bridgehead atoms. The molecule has 0 aliphatic rings. The lowest BCUT2D eigenvalue weighted by molar-refractivity contribution is -0.384. The van der Waals surface area contributed by atoms with Gasteiger partial charge in [0.1, 0.15) is 12.4 Å². The maximum absolute atomic E-state index is 11.9. The van der Waals surface area contributed by atoms with Crippen LogP contribution in [-0.2, 0) is 4.74 Å². The van der Waals surface area contributed by atoms with Crippen molar-refractivity contribution in [1.29, 1.82) is 5.26 Å². The largest absolute Gasteiger partial charge is 0.460 e. The van der Waals surface area contributed by atoms with E-state index in [1.54, 1.807) is 37.3 Å². The van der Waals surface area contributed by atoms with Crippen molar-refractivity contribution in [3.8, 4) is 6.19 Å². The van der Waals surface area contributed by atoms with Crippen LogP contribution < -0.4 is 0 Å². The maximum Gasteiger partial charge on any atom is 0.338 e. The zero-order chi connectivity index (χ0) is 18.9. The highest BCUT2D eigenvalue weighted by Gasteiger charge is 2.10. The Morgan fingerprint density at radius 2 is 1.88 bits per heavy atom. The van der Waals surface area contributed by atoms with E-state index in [0.717, 1.165) is 0 Å². The summed E-state index contributed by atoms with van der Waals surface area (Å²) in [6.45, 7) is 1.80. The van der Waals surface area contributed by atoms with Gasteiger partial charge in [0, 0.05) is 12.1 Å². The van der Waals surface area contributed by atoms with Crippen LogP contribution in [-0.4, -0.2) is 34.8 Å². The molecule has 0 fully saturated rings. The molecule has 0 aliphatic carbocycles. The van der Waals surface area contributed by atoms with Crippen molar-refractivity contribution in [1.82, 2.24) is 4.90 Å². The number of nitriles is 1. The fourth-order valence-electron chi connectivity index (χ4n) is 2.07. The summed E-state index contributed by atoms with van der Waals surface area (Å²) in [6.07, 6.45) is 1.97. The second-order valence-corrected chi connectivity index (χ2v) is 5.19. The van der Waals surface area contributed by atoms with E-state index in [4.69, 9.17) is 4.74 Å². The number of nitrogens with zero attached hydrogens (tertiary/aromatic N) is 4. The summed E-state index contributed by atoms with van der Waals surface area (Å²) < 4.78 is 5.14. The normalized spacial score (nSPS) is 10.7. The Hall–Kier alpha value is -3.73. The van der Waals surface area contributed by atoms with Gasteiger partial charge in [-0.25, -0.2) is 9.79 Å². The Morgan fingerprint density at radius 3 is 2.46 bits per heavy atom. The van der Waals surface area contributed by atoms with Gasteiger partial charge in [0.05, 0.1) is 22.7 Å². The van der Waals surface area contributed by atoms with E-state index in [9.17, 15) is 20.2 Å². The van der Waals surface area contributed by atoms with Crippen LogP contribution >= 0.6 is 0 Å². The van der Waals surface area contributed by atoms with Crippen molar-refractivity contribution in [3.05, 3.63) is 70.3 Å². The summed E-state index contributed by atoms with van der Waals surface area (Å²) in [7, 11) is 0. The molecule has 8 nitrogen and oxygen atoms in total. The van der Waals surface area contributed by atoms with Gasteiger partial charge < -0.3 is 4.74 Å². The molecule has 2 aromatic rings. The van der Waals surface area contributed by atoms with Gasteiger partial charge in [-0.2, -0.15) is 5.26 Å². The number of non-ortho nitro benzene ring substituents is 1. The summed E-state index contributed by atoms with van der Waals surface area (Å²) in [5.41, 5.74) is 0.883. The minimum Gasteiger partial charge on any atom is -0.460 e. The average Bonchev–Trinajstić information content (AvgIpc) is 2.66. The molecule has 2 aromatic carbocycles. The van der Waals surface area contributed by atoms with Gasteiger partial charge in [-0.05, 0) is 31.2 Å². The van der Waals surface area contributed by atoms with Gasteiger partial charge in [0.15, 0.2) is 6.19 Å². The summed E-state index contributed by atoms with van der Waals surface area (Å²) in [5.74, 6) is -0.0782. The molecule has 132 valence electrons. The van der Waals surface area contributed by atoms with Gasteiger partial charge in [-0.1, -0.05) is 18.2 Å². The third-order valence-corrected chi connectivity index (χ3v) is 3.42. The predicted octanol–water partition coefficient (Wildman–Crippen LogP) is 3.28. The topological polar surface area (TPSA) is 109 Å². The van der Waals surface area contributed by atoms with E-state index in [1.165, 1.54) is 29.2 Å². The standard InChI is InChI=1S/C18H16N4O4/c1-14(20-16-7-9-17(10-8-16)22(24)25)21(13-19)11-12-26-18(23)15-5-3-2-4-6-15/h2-10H,11-12H2,1H3. The van der Waals surface area contributed by atoms with Crippen molar-refractivity contribution in [2.24, 2.45) is 4.99 Å². The highest BCUT2D eigenvalue weighted by molar-refractivity contribution is 5.89. The molecule has 2 rings (SSSR count). The quantitative estimate of drug-likeness (QED) is 0.150. The van der Waals surface area contributed by atoms with Crippen LogP contribution in [0.25, 0.3) is 0 Å². The highest BCUT2D eigenvalue weighted by atomic mass is 16.6. The molecule has 0 N–H and O–H groups in total. The van der Waals surface area contributed by atoms with Crippen LogP contribution in [0, 0.1) is 21.6 Å². The number of nitro groups is 1. The summed E-state index contributed by atoms with van der Waals surface area (Å²) in [5, 5.41) is 19.9. The first-order valence-corrected chi connectivity index (χ1v) is 7.70. The molecule has 26 heavy (non-hydrogen) atoms. The van der Waals surface area contributed by atoms with E-state index < -0.39 is 10.9 Å². The van der Waals surface area contributed by atoms with Crippen LogP contribution in [0.1, 0.15) is 17.3 Å². The summed E-state index contributed by atoms with van der Waals surface area (Å²) in [4.78, 5) is 27.5. The van der Waals surface area contributed by atoms with E-state index in [1.807, 2.05) is 6.19 Å². The fraction of sp³-hybridized carbons (Fsp3) is 0.167. The molecule has 8 heteroatoms. The Kier molecular flexibility index (Phi) is 6.40. The predicted molar refractivity (Wildman–Crippen MR) is 94.9 cm³/mol. The summed E-state index contributed by atoms with van der Waals surface area (Å²) >= 11 is 0. The van der Waals surface area contributed by atoms with Crippen LogP contribution in [0.2, 0.25) is 0 Å². The molecule has 0 aliphatic heterocycles. The molecule has 0 spiro atoms. The molecule has 0 amide bonds. The van der Waals surface area contributed by atoms with Crippen LogP contribution in [0.3, 0.4) is 0 Å². The zero-order valence-electron chi connectivity index (χ0n) is 14.0. The Bertz CT molecular complexity index is 842. The lowest BCUT2D eigenvalue weighted by Crippen LogP contribution is -2.28. The number of esters is 1. The SMILES string of the molecule is CC(=Nc1ccc([N+](=O)[O-])cc1)N(C#N)CCOC(=O)c1ccccc1. The van der Waals surface area contributed by atoms with Crippen molar-refractivity contribution >= 4 is 23.2 Å². The average molecular weight is 352 g/mol. The minimum absolute atomic E-state index is 0.0222. The molecule has 0 unspecified atom stereocenters. The van der Waals surface area contributed by atoms with Crippen LogP contribution in [0.4, 0.5) is 11.4 Å². The first-order valence-electron chi connectivity index (χ1n) is 7.70. The molecular weight excluding hydrogens is 336 g/mol. The Morgan fingerprint density at radius 1 is 1.23 bits per heavy atom. The van der Waals surface area contributed by atoms with E-state index in [2.05, 4.69) is 4.99 Å².